The number of aromatic nitrogens is 2. The van der Waals surface area contributed by atoms with Crippen molar-refractivity contribution in [2.75, 3.05) is 11.3 Å². The van der Waals surface area contributed by atoms with Crippen LogP contribution in [0, 0.1) is 48.9 Å². The number of carbonyl (C=O) groups excluding carboxylic acids is 1. The van der Waals surface area contributed by atoms with Crippen molar-refractivity contribution < 1.29 is 17.9 Å². The molecule has 6 rings (SSSR count). The van der Waals surface area contributed by atoms with Crippen LogP contribution in [0.5, 0.6) is 5.88 Å². The van der Waals surface area contributed by atoms with Gasteiger partial charge < -0.3 is 10.5 Å². The second kappa shape index (κ2) is 11.2. The van der Waals surface area contributed by atoms with Crippen LogP contribution in [0.2, 0.25) is 0 Å². The Bertz CT molecular complexity index is 1620. The highest BCUT2D eigenvalue weighted by molar-refractivity contribution is 7.92. The van der Waals surface area contributed by atoms with E-state index in [2.05, 4.69) is 28.5 Å². The van der Waals surface area contributed by atoms with Gasteiger partial charge in [0, 0.05) is 17.5 Å². The maximum absolute atomic E-state index is 13.6. The van der Waals surface area contributed by atoms with Crippen molar-refractivity contribution in [2.45, 2.75) is 71.1 Å². The number of rotatable bonds is 5. The van der Waals surface area contributed by atoms with Crippen molar-refractivity contribution in [3.05, 3.63) is 65.2 Å². The van der Waals surface area contributed by atoms with Crippen LogP contribution in [0.4, 0.5) is 5.95 Å². The third-order valence-electron chi connectivity index (χ3n) is 9.93. The Morgan fingerprint density at radius 1 is 1.05 bits per heavy atom. The number of hydrogen-bond donors (Lipinski definition) is 2. The molecule has 2 aliphatic carbocycles. The number of sulfonamides is 1. The third-order valence-corrected chi connectivity index (χ3v) is 11.3. The fourth-order valence-electron chi connectivity index (χ4n) is 7.94. The van der Waals surface area contributed by atoms with Gasteiger partial charge in [0.2, 0.25) is 17.7 Å². The zero-order valence-corrected chi connectivity index (χ0v) is 26.3. The largest absolute Gasteiger partial charge is 0.477 e. The molecule has 1 aromatic heterocycles. The Morgan fingerprint density at radius 3 is 2.42 bits per heavy atom. The topological polar surface area (TPSA) is 124 Å². The molecule has 3 aromatic rings. The van der Waals surface area contributed by atoms with Gasteiger partial charge in [0.25, 0.3) is 10.0 Å². The van der Waals surface area contributed by atoms with Crippen LogP contribution in [0.3, 0.4) is 0 Å². The fraction of sp³-hybridized carbons (Fsp3) is 0.500. The first kappa shape index (κ1) is 29.6. The minimum atomic E-state index is -3.94. The predicted molar refractivity (Wildman–Crippen MR) is 167 cm³/mol. The number of anilines is 1. The van der Waals surface area contributed by atoms with Crippen LogP contribution in [-0.2, 0) is 21.2 Å². The lowest BCUT2D eigenvalue weighted by Crippen LogP contribution is -2.54. The number of nitrogens with two attached hydrogens (primary N) is 1. The fourth-order valence-corrected chi connectivity index (χ4v) is 8.95. The highest BCUT2D eigenvalue weighted by atomic mass is 32.2. The number of hydrogen-bond acceptors (Lipinski definition) is 6. The quantitative estimate of drug-likeness (QED) is 0.366. The minimum Gasteiger partial charge on any atom is -0.477 e. The standard InChI is InChI=1S/C34H42N4O4S/c1-20(2)11-24-19-42-30-14-29(31-21(3)7-5-8-22(31)4)36-33(37-30)38-43(40,41)27-10-6-9-23(12-27)13-28(24)25-15-34(16-25)17-26(18-34)32(35)39/h5-10,12,14,20,24-26,28H,11,13,15-19H2,1-4H3,(H2,35,39)(H,36,37,38)/t24-,25-,26-,28?,34?/m1/s1. The number of fused-ring (bicyclic) bond motifs is 4. The lowest BCUT2D eigenvalue weighted by molar-refractivity contribution is -0.142. The van der Waals surface area contributed by atoms with Crippen LogP contribution in [0.25, 0.3) is 11.3 Å². The first-order valence-electron chi connectivity index (χ1n) is 15.4. The molecule has 2 aromatic carbocycles. The molecule has 1 spiro atoms. The molecule has 3 N–H and O–H groups in total. The zero-order chi connectivity index (χ0) is 30.5. The van der Waals surface area contributed by atoms with Crippen LogP contribution < -0.4 is 15.2 Å². The molecule has 1 amide bonds. The number of benzene rings is 2. The monoisotopic (exact) mass is 602 g/mol. The molecule has 0 saturated heterocycles. The SMILES string of the molecule is Cc1cccc(C)c1-c1cc2nc(n1)NS(=O)(=O)c1cccc(c1)CC([C@H]1CC3(C[C@H](C(N)=O)C3)C1)[C@H](CC(C)C)CO2. The van der Waals surface area contributed by atoms with E-state index in [9.17, 15) is 13.2 Å². The molecule has 1 unspecified atom stereocenters. The number of nitrogens with zero attached hydrogens (tertiary/aromatic N) is 2. The summed E-state index contributed by atoms with van der Waals surface area (Å²) in [7, 11) is -3.94. The highest BCUT2D eigenvalue weighted by Crippen LogP contribution is 2.63. The molecule has 0 radical (unpaired) electrons. The summed E-state index contributed by atoms with van der Waals surface area (Å²) in [6.45, 7) is 8.99. The van der Waals surface area contributed by atoms with E-state index in [4.69, 9.17) is 10.5 Å². The molecule has 228 valence electrons. The average Bonchev–Trinajstić information content (AvgIpc) is 2.88. The first-order valence-corrected chi connectivity index (χ1v) is 16.9. The van der Waals surface area contributed by atoms with Crippen molar-refractivity contribution in [1.82, 2.24) is 9.97 Å². The Labute approximate surface area is 254 Å². The Hall–Kier alpha value is -3.46. The molecule has 9 heteroatoms. The number of carbonyl (C=O) groups is 1. The van der Waals surface area contributed by atoms with E-state index in [1.165, 1.54) is 0 Å². The molecule has 2 fully saturated rings. The molecule has 2 saturated carbocycles. The van der Waals surface area contributed by atoms with Gasteiger partial charge in [-0.1, -0.05) is 44.2 Å². The van der Waals surface area contributed by atoms with Gasteiger partial charge in [0.15, 0.2) is 0 Å². The summed E-state index contributed by atoms with van der Waals surface area (Å²) >= 11 is 0. The number of ether oxygens (including phenoxy) is 1. The van der Waals surface area contributed by atoms with E-state index in [1.807, 2.05) is 50.2 Å². The zero-order valence-electron chi connectivity index (χ0n) is 25.5. The van der Waals surface area contributed by atoms with Crippen LogP contribution >= 0.6 is 0 Å². The number of aryl methyl sites for hydroxylation is 2. The van der Waals surface area contributed by atoms with Gasteiger partial charge in [-0.05, 0) is 110 Å². The lowest BCUT2D eigenvalue weighted by Gasteiger charge is -2.59. The van der Waals surface area contributed by atoms with Crippen molar-refractivity contribution >= 4 is 21.9 Å². The average molecular weight is 603 g/mol. The first-order chi connectivity index (χ1) is 20.4. The van der Waals surface area contributed by atoms with Gasteiger partial charge in [0.1, 0.15) is 0 Å². The number of amides is 1. The minimum absolute atomic E-state index is 0.00300. The number of primary amides is 1. The lowest BCUT2D eigenvalue weighted by atomic mass is 9.45. The summed E-state index contributed by atoms with van der Waals surface area (Å²) in [5.41, 5.74) is 10.4. The summed E-state index contributed by atoms with van der Waals surface area (Å²) in [6, 6.07) is 15.1. The van der Waals surface area contributed by atoms with Crippen molar-refractivity contribution in [3.63, 3.8) is 0 Å². The second-order valence-electron chi connectivity index (χ2n) is 13.7. The van der Waals surface area contributed by atoms with Crippen LogP contribution in [0.15, 0.2) is 53.4 Å². The predicted octanol–water partition coefficient (Wildman–Crippen LogP) is 6.07. The van der Waals surface area contributed by atoms with E-state index < -0.39 is 10.0 Å². The molecule has 3 aliphatic rings. The maximum atomic E-state index is 13.6. The molecule has 43 heavy (non-hydrogen) atoms. The van der Waals surface area contributed by atoms with Crippen molar-refractivity contribution in [1.29, 1.82) is 0 Å². The van der Waals surface area contributed by atoms with Gasteiger partial charge >= 0.3 is 0 Å². The van der Waals surface area contributed by atoms with E-state index >= 15 is 0 Å². The molecule has 2 heterocycles. The summed E-state index contributed by atoms with van der Waals surface area (Å²) in [5, 5.41) is 0. The molecular formula is C34H42N4O4S. The molecular weight excluding hydrogens is 560 g/mol. The maximum Gasteiger partial charge on any atom is 0.264 e. The van der Waals surface area contributed by atoms with Crippen molar-refractivity contribution in [2.24, 2.45) is 40.7 Å². The summed E-state index contributed by atoms with van der Waals surface area (Å²) in [5.74, 6) is 1.64. The molecule has 8 nitrogen and oxygen atoms in total. The van der Waals surface area contributed by atoms with Crippen molar-refractivity contribution in [3.8, 4) is 17.1 Å². The van der Waals surface area contributed by atoms with E-state index in [0.717, 1.165) is 60.8 Å². The summed E-state index contributed by atoms with van der Waals surface area (Å²) < 4.78 is 36.3. The normalized spacial score (nSPS) is 27.8. The Balaban J connectivity index is 1.39. The highest BCUT2D eigenvalue weighted by Gasteiger charge is 2.56. The van der Waals surface area contributed by atoms with Gasteiger partial charge in [0.05, 0.1) is 17.2 Å². The Kier molecular flexibility index (Phi) is 7.73. The molecule has 1 aliphatic heterocycles. The van der Waals surface area contributed by atoms with Gasteiger partial charge in [-0.2, -0.15) is 4.98 Å². The third kappa shape index (κ3) is 6.01. The van der Waals surface area contributed by atoms with E-state index in [1.54, 1.807) is 12.1 Å². The number of nitrogens with one attached hydrogen (secondary N) is 1. The summed E-state index contributed by atoms with van der Waals surface area (Å²) in [6.07, 6.45) is 5.67. The smallest absolute Gasteiger partial charge is 0.264 e. The molecule has 4 bridgehead atoms. The second-order valence-corrected chi connectivity index (χ2v) is 15.4. The Morgan fingerprint density at radius 2 is 1.74 bits per heavy atom. The van der Waals surface area contributed by atoms with Gasteiger partial charge in [-0.15, -0.1) is 0 Å². The van der Waals surface area contributed by atoms with E-state index in [-0.39, 0.29) is 34.0 Å². The van der Waals surface area contributed by atoms with Crippen LogP contribution in [-0.4, -0.2) is 30.9 Å². The van der Waals surface area contributed by atoms with Gasteiger partial charge in [-0.3, -0.25) is 4.79 Å². The summed E-state index contributed by atoms with van der Waals surface area (Å²) in [4.78, 5) is 21.1. The molecule has 2 atom stereocenters. The van der Waals surface area contributed by atoms with Gasteiger partial charge in [-0.25, -0.2) is 18.1 Å². The van der Waals surface area contributed by atoms with E-state index in [0.29, 0.717) is 35.9 Å². The van der Waals surface area contributed by atoms with Crippen LogP contribution in [0.1, 0.15) is 62.6 Å².